The van der Waals surface area contributed by atoms with E-state index in [4.69, 9.17) is 0 Å². The Bertz CT molecular complexity index is 544. The van der Waals surface area contributed by atoms with Gasteiger partial charge in [-0.3, -0.25) is 9.48 Å². The molecule has 0 unspecified atom stereocenters. The van der Waals surface area contributed by atoms with Gasteiger partial charge in [0.05, 0.1) is 18.2 Å². The largest absolute Gasteiger partial charge is 0.352 e. The van der Waals surface area contributed by atoms with Crippen molar-refractivity contribution in [3.8, 4) is 0 Å². The summed E-state index contributed by atoms with van der Waals surface area (Å²) < 4.78 is 1.97. The molecule has 2 atom stereocenters. The lowest BCUT2D eigenvalue weighted by molar-refractivity contribution is -0.125. The van der Waals surface area contributed by atoms with E-state index in [1.807, 2.05) is 18.5 Å². The molecule has 1 amide bonds. The van der Waals surface area contributed by atoms with Gasteiger partial charge in [0, 0.05) is 18.3 Å². The molecule has 0 aliphatic carbocycles. The Kier molecular flexibility index (Phi) is 6.84. The smallest absolute Gasteiger partial charge is 0.224 e. The van der Waals surface area contributed by atoms with Crippen LogP contribution in [0.15, 0.2) is 0 Å². The Labute approximate surface area is 146 Å². The molecule has 1 aromatic heterocycles. The third-order valence-corrected chi connectivity index (χ3v) is 5.26. The molecule has 0 radical (unpaired) electrons. The van der Waals surface area contributed by atoms with Crippen molar-refractivity contribution < 1.29 is 4.79 Å². The normalized spacial score (nSPS) is 18.9. The van der Waals surface area contributed by atoms with Crippen LogP contribution in [0.1, 0.15) is 56.5 Å². The Balaban J connectivity index is 1.82. The van der Waals surface area contributed by atoms with E-state index in [-0.39, 0.29) is 17.9 Å². The fourth-order valence-electron chi connectivity index (χ4n) is 3.44. The van der Waals surface area contributed by atoms with Crippen LogP contribution in [-0.4, -0.2) is 46.3 Å². The van der Waals surface area contributed by atoms with Gasteiger partial charge in [0.2, 0.25) is 5.91 Å². The van der Waals surface area contributed by atoms with Crippen molar-refractivity contribution in [2.75, 3.05) is 19.6 Å². The van der Waals surface area contributed by atoms with E-state index in [0.717, 1.165) is 17.9 Å². The number of carbonyl (C=O) groups excluding carboxylic acids is 1. The minimum atomic E-state index is -0.0750. The van der Waals surface area contributed by atoms with E-state index >= 15 is 0 Å². The summed E-state index contributed by atoms with van der Waals surface area (Å²) in [5.74, 6) is 0.0523. The van der Waals surface area contributed by atoms with Crippen molar-refractivity contribution in [2.24, 2.45) is 5.92 Å². The highest BCUT2D eigenvalue weighted by molar-refractivity contribution is 5.78. The second kappa shape index (κ2) is 8.65. The summed E-state index contributed by atoms with van der Waals surface area (Å²) in [5, 5.41) is 7.73. The summed E-state index contributed by atoms with van der Waals surface area (Å²) in [5.41, 5.74) is 3.43. The highest BCUT2D eigenvalue weighted by Gasteiger charge is 2.19. The standard InChI is InChI=1S/C19H34N4O/c1-14(12-23-18(5)16(3)17(4)21-23)19(24)20-15(2)13-22-10-8-6-7-9-11-22/h14-15H,6-13H2,1-5H3,(H,20,24)/t14-,15-/m1/s1. The molecule has 24 heavy (non-hydrogen) atoms. The molecule has 136 valence electrons. The molecule has 1 fully saturated rings. The summed E-state index contributed by atoms with van der Waals surface area (Å²) in [7, 11) is 0. The first kappa shape index (κ1) is 19.0. The van der Waals surface area contributed by atoms with Gasteiger partial charge in [-0.25, -0.2) is 0 Å². The van der Waals surface area contributed by atoms with Gasteiger partial charge in [0.25, 0.3) is 0 Å². The number of rotatable bonds is 6. The Morgan fingerprint density at radius 2 is 1.71 bits per heavy atom. The number of aryl methyl sites for hydroxylation is 1. The Hall–Kier alpha value is -1.36. The fourth-order valence-corrected chi connectivity index (χ4v) is 3.44. The Morgan fingerprint density at radius 3 is 2.25 bits per heavy atom. The van der Waals surface area contributed by atoms with Crippen molar-refractivity contribution in [3.05, 3.63) is 17.0 Å². The van der Waals surface area contributed by atoms with Crippen molar-refractivity contribution in [3.63, 3.8) is 0 Å². The molecule has 5 heteroatoms. The molecule has 1 N–H and O–H groups in total. The fraction of sp³-hybridized carbons (Fsp3) is 0.789. The van der Waals surface area contributed by atoms with Crippen LogP contribution < -0.4 is 5.32 Å². The number of amides is 1. The third-order valence-electron chi connectivity index (χ3n) is 5.26. The van der Waals surface area contributed by atoms with Gasteiger partial charge in [-0.05, 0) is 59.2 Å². The topological polar surface area (TPSA) is 50.2 Å². The van der Waals surface area contributed by atoms with Gasteiger partial charge in [-0.15, -0.1) is 0 Å². The third kappa shape index (κ3) is 5.07. The number of aromatic nitrogens is 2. The zero-order chi connectivity index (χ0) is 17.7. The second-order valence-corrected chi connectivity index (χ2v) is 7.50. The average Bonchev–Trinajstić information content (AvgIpc) is 2.75. The summed E-state index contributed by atoms with van der Waals surface area (Å²) in [4.78, 5) is 15.0. The van der Waals surface area contributed by atoms with Gasteiger partial charge in [-0.2, -0.15) is 5.10 Å². The summed E-state index contributed by atoms with van der Waals surface area (Å²) in [6, 6.07) is 0.195. The van der Waals surface area contributed by atoms with Gasteiger partial charge in [-0.1, -0.05) is 19.8 Å². The predicted octanol–water partition coefficient (Wildman–Crippen LogP) is 2.83. The molecule has 0 spiro atoms. The van der Waals surface area contributed by atoms with E-state index in [0.29, 0.717) is 6.54 Å². The quantitative estimate of drug-likeness (QED) is 0.870. The molecule has 0 bridgehead atoms. The molecule has 2 heterocycles. The van der Waals surface area contributed by atoms with Crippen molar-refractivity contribution in [2.45, 2.75) is 72.9 Å². The first-order valence-corrected chi connectivity index (χ1v) is 9.41. The number of carbonyl (C=O) groups is 1. The van der Waals surface area contributed by atoms with Crippen LogP contribution >= 0.6 is 0 Å². The lowest BCUT2D eigenvalue weighted by Crippen LogP contribution is -2.44. The van der Waals surface area contributed by atoms with Crippen molar-refractivity contribution in [1.82, 2.24) is 20.0 Å². The molecular weight excluding hydrogens is 300 g/mol. The van der Waals surface area contributed by atoms with E-state index < -0.39 is 0 Å². The zero-order valence-corrected chi connectivity index (χ0v) is 16.1. The van der Waals surface area contributed by atoms with E-state index in [1.54, 1.807) is 0 Å². The maximum atomic E-state index is 12.5. The van der Waals surface area contributed by atoms with Crippen molar-refractivity contribution in [1.29, 1.82) is 0 Å². The van der Waals surface area contributed by atoms with Crippen LogP contribution in [-0.2, 0) is 11.3 Å². The van der Waals surface area contributed by atoms with Gasteiger partial charge in [0.1, 0.15) is 0 Å². The molecule has 1 aliphatic rings. The van der Waals surface area contributed by atoms with Crippen LogP contribution in [0.4, 0.5) is 0 Å². The molecule has 0 aromatic carbocycles. The average molecular weight is 335 g/mol. The lowest BCUT2D eigenvalue weighted by Gasteiger charge is -2.25. The number of hydrogen-bond donors (Lipinski definition) is 1. The molecular formula is C19H34N4O. The summed E-state index contributed by atoms with van der Waals surface area (Å²) in [6.07, 6.45) is 5.26. The monoisotopic (exact) mass is 334 g/mol. The van der Waals surface area contributed by atoms with Crippen LogP contribution in [0.5, 0.6) is 0 Å². The zero-order valence-electron chi connectivity index (χ0n) is 16.1. The highest BCUT2D eigenvalue weighted by Crippen LogP contribution is 2.13. The van der Waals surface area contributed by atoms with E-state index in [2.05, 4.69) is 36.1 Å². The van der Waals surface area contributed by atoms with E-state index in [9.17, 15) is 4.79 Å². The number of nitrogens with one attached hydrogen (secondary N) is 1. The van der Waals surface area contributed by atoms with Crippen LogP contribution in [0, 0.1) is 26.7 Å². The number of nitrogens with zero attached hydrogens (tertiary/aromatic N) is 3. The second-order valence-electron chi connectivity index (χ2n) is 7.50. The molecule has 1 aliphatic heterocycles. The van der Waals surface area contributed by atoms with Crippen LogP contribution in [0.3, 0.4) is 0 Å². The lowest BCUT2D eigenvalue weighted by atomic mass is 10.1. The van der Waals surface area contributed by atoms with Crippen LogP contribution in [0.2, 0.25) is 0 Å². The maximum absolute atomic E-state index is 12.5. The maximum Gasteiger partial charge on any atom is 0.224 e. The molecule has 1 saturated heterocycles. The number of hydrogen-bond acceptors (Lipinski definition) is 3. The van der Waals surface area contributed by atoms with Crippen LogP contribution in [0.25, 0.3) is 0 Å². The SMILES string of the molecule is Cc1nn(C[C@@H](C)C(=O)N[C@H](C)CN2CCCCCC2)c(C)c1C. The van der Waals surface area contributed by atoms with Gasteiger partial charge < -0.3 is 10.2 Å². The van der Waals surface area contributed by atoms with Crippen molar-refractivity contribution >= 4 is 5.91 Å². The molecule has 1 aromatic rings. The van der Waals surface area contributed by atoms with Gasteiger partial charge in [0.15, 0.2) is 0 Å². The summed E-state index contributed by atoms with van der Waals surface area (Å²) >= 11 is 0. The minimum absolute atomic E-state index is 0.0750. The highest BCUT2D eigenvalue weighted by atomic mass is 16.2. The first-order chi connectivity index (χ1) is 11.4. The number of likely N-dealkylation sites (tertiary alicyclic amines) is 1. The van der Waals surface area contributed by atoms with Gasteiger partial charge >= 0.3 is 0 Å². The first-order valence-electron chi connectivity index (χ1n) is 9.41. The predicted molar refractivity (Wildman–Crippen MR) is 98.1 cm³/mol. The Morgan fingerprint density at radius 1 is 1.08 bits per heavy atom. The molecule has 5 nitrogen and oxygen atoms in total. The summed E-state index contributed by atoms with van der Waals surface area (Å²) in [6.45, 7) is 14.2. The molecule has 0 saturated carbocycles. The van der Waals surface area contributed by atoms with E-state index in [1.165, 1.54) is 44.3 Å². The minimum Gasteiger partial charge on any atom is -0.352 e. The molecule has 2 rings (SSSR count).